The number of hydrogen-bond acceptors (Lipinski definition) is 5. The van der Waals surface area contributed by atoms with E-state index < -0.39 is 5.60 Å². The molecule has 96 valence electrons. The summed E-state index contributed by atoms with van der Waals surface area (Å²) in [5, 5.41) is 13.0. The summed E-state index contributed by atoms with van der Waals surface area (Å²) in [6.07, 6.45) is 5.12. The average molecular weight is 257 g/mol. The lowest BCUT2D eigenvalue weighted by atomic mass is 9.81. The molecule has 5 heteroatoms. The minimum Gasteiger partial charge on any atom is -0.387 e. The van der Waals surface area contributed by atoms with Crippen molar-refractivity contribution in [2.24, 2.45) is 0 Å². The summed E-state index contributed by atoms with van der Waals surface area (Å²) in [6, 6.07) is 0. The Balaban J connectivity index is 1.67. The average Bonchev–Trinajstić information content (AvgIpc) is 2.94. The molecule has 0 bridgehead atoms. The highest BCUT2D eigenvalue weighted by Gasteiger charge is 2.50. The topological polar surface area (TPSA) is 41.9 Å². The molecular weight excluding hydrogens is 238 g/mol. The number of likely N-dealkylation sites (N-methyl/N-ethyl adjacent to an activating group) is 1. The molecule has 1 saturated carbocycles. The molecular formula is C12H19NO3S. The third-order valence-electron chi connectivity index (χ3n) is 4.02. The van der Waals surface area contributed by atoms with Gasteiger partial charge >= 0.3 is 0 Å². The van der Waals surface area contributed by atoms with E-state index in [9.17, 15) is 5.11 Å². The lowest BCUT2D eigenvalue weighted by Crippen LogP contribution is -2.52. The lowest BCUT2D eigenvalue weighted by molar-refractivity contribution is -0.205. The molecule has 0 radical (unpaired) electrons. The van der Waals surface area contributed by atoms with E-state index in [0.717, 1.165) is 25.7 Å². The van der Waals surface area contributed by atoms with Gasteiger partial charge in [0, 0.05) is 26.1 Å². The van der Waals surface area contributed by atoms with Gasteiger partial charge in [0.25, 0.3) is 0 Å². The van der Waals surface area contributed by atoms with Crippen molar-refractivity contribution in [2.75, 3.05) is 20.3 Å². The summed E-state index contributed by atoms with van der Waals surface area (Å²) < 4.78 is 11.4. The van der Waals surface area contributed by atoms with Crippen molar-refractivity contribution in [1.29, 1.82) is 0 Å². The van der Waals surface area contributed by atoms with Crippen molar-refractivity contribution in [1.82, 2.24) is 4.90 Å². The van der Waals surface area contributed by atoms with Gasteiger partial charge in [-0.3, -0.25) is 0 Å². The second kappa shape index (κ2) is 4.16. The highest BCUT2D eigenvalue weighted by molar-refractivity contribution is 8.03. The zero-order valence-corrected chi connectivity index (χ0v) is 10.9. The van der Waals surface area contributed by atoms with Gasteiger partial charge in [-0.2, -0.15) is 0 Å². The van der Waals surface area contributed by atoms with Crippen molar-refractivity contribution in [2.45, 2.75) is 42.4 Å². The van der Waals surface area contributed by atoms with Gasteiger partial charge < -0.3 is 19.5 Å². The highest BCUT2D eigenvalue weighted by Crippen LogP contribution is 2.46. The summed E-state index contributed by atoms with van der Waals surface area (Å²) in [7, 11) is 2.02. The van der Waals surface area contributed by atoms with Gasteiger partial charge in [0.2, 0.25) is 0 Å². The first kappa shape index (κ1) is 11.8. The number of thioether (sulfide) groups is 1. The molecule has 1 atom stereocenters. The molecule has 0 aromatic carbocycles. The zero-order valence-electron chi connectivity index (χ0n) is 10.1. The molecule has 2 heterocycles. The van der Waals surface area contributed by atoms with Gasteiger partial charge in [-0.05, 0) is 18.2 Å². The van der Waals surface area contributed by atoms with E-state index in [1.54, 1.807) is 11.8 Å². The number of rotatable bonds is 1. The summed E-state index contributed by atoms with van der Waals surface area (Å²) in [4.78, 5) is 2.10. The molecule has 1 N–H and O–H groups in total. The molecule has 2 fully saturated rings. The van der Waals surface area contributed by atoms with Gasteiger partial charge in [-0.25, -0.2) is 0 Å². The fraction of sp³-hybridized carbons (Fsp3) is 0.833. The maximum atomic E-state index is 10.8. The number of ether oxygens (including phenoxy) is 2. The van der Waals surface area contributed by atoms with E-state index in [1.165, 1.54) is 0 Å². The van der Waals surface area contributed by atoms with Crippen LogP contribution in [0.15, 0.2) is 11.6 Å². The predicted octanol–water partition coefficient (Wildman–Crippen LogP) is 1.51. The SMILES string of the molecule is CN1C=CSC1C1(O)CCC2(CC1)OCCO2. The van der Waals surface area contributed by atoms with Gasteiger partial charge in [0.05, 0.1) is 18.8 Å². The van der Waals surface area contributed by atoms with Crippen molar-refractivity contribution < 1.29 is 14.6 Å². The number of hydrogen-bond donors (Lipinski definition) is 1. The normalized spacial score (nSPS) is 34.7. The Bertz CT molecular complexity index is 318. The summed E-state index contributed by atoms with van der Waals surface area (Å²) in [5.74, 6) is -0.387. The van der Waals surface area contributed by atoms with Crippen LogP contribution in [-0.2, 0) is 9.47 Å². The first-order chi connectivity index (χ1) is 8.14. The Kier molecular flexibility index (Phi) is 2.89. The largest absolute Gasteiger partial charge is 0.387 e. The smallest absolute Gasteiger partial charge is 0.168 e. The van der Waals surface area contributed by atoms with Crippen LogP contribution in [0, 0.1) is 0 Å². The quantitative estimate of drug-likeness (QED) is 0.771. The van der Waals surface area contributed by atoms with E-state index in [0.29, 0.717) is 13.2 Å². The molecule has 0 amide bonds. The van der Waals surface area contributed by atoms with Crippen molar-refractivity contribution in [3.63, 3.8) is 0 Å². The van der Waals surface area contributed by atoms with E-state index in [2.05, 4.69) is 10.3 Å². The second-order valence-electron chi connectivity index (χ2n) is 5.15. The van der Waals surface area contributed by atoms with E-state index in [1.807, 2.05) is 13.2 Å². The first-order valence-corrected chi connectivity index (χ1v) is 7.12. The highest BCUT2D eigenvalue weighted by atomic mass is 32.2. The lowest BCUT2D eigenvalue weighted by Gasteiger charge is -2.45. The Morgan fingerprint density at radius 2 is 1.88 bits per heavy atom. The molecule has 0 aromatic rings. The zero-order chi connectivity index (χ0) is 11.9. The predicted molar refractivity (Wildman–Crippen MR) is 66.3 cm³/mol. The third-order valence-corrected chi connectivity index (χ3v) is 5.33. The fourth-order valence-electron chi connectivity index (χ4n) is 2.98. The Morgan fingerprint density at radius 1 is 1.24 bits per heavy atom. The minimum absolute atomic E-state index is 0.140. The van der Waals surface area contributed by atoms with E-state index in [-0.39, 0.29) is 11.2 Å². The van der Waals surface area contributed by atoms with Gasteiger partial charge in [-0.15, -0.1) is 11.8 Å². The molecule has 1 unspecified atom stereocenters. The Labute approximate surface area is 106 Å². The van der Waals surface area contributed by atoms with Crippen LogP contribution in [0.25, 0.3) is 0 Å². The molecule has 1 aliphatic carbocycles. The van der Waals surface area contributed by atoms with Gasteiger partial charge in [-0.1, -0.05) is 0 Å². The minimum atomic E-state index is -0.622. The van der Waals surface area contributed by atoms with Crippen LogP contribution in [0.2, 0.25) is 0 Å². The van der Waals surface area contributed by atoms with E-state index in [4.69, 9.17) is 9.47 Å². The van der Waals surface area contributed by atoms with Crippen LogP contribution in [-0.4, -0.2) is 47.0 Å². The molecule has 1 spiro atoms. The van der Waals surface area contributed by atoms with Crippen molar-refractivity contribution in [3.05, 3.63) is 11.6 Å². The van der Waals surface area contributed by atoms with Crippen molar-refractivity contribution >= 4 is 11.8 Å². The maximum Gasteiger partial charge on any atom is 0.168 e. The Hall–Kier alpha value is -0.230. The first-order valence-electron chi connectivity index (χ1n) is 6.18. The van der Waals surface area contributed by atoms with Crippen LogP contribution in [0.1, 0.15) is 25.7 Å². The molecule has 4 nitrogen and oxygen atoms in total. The summed E-state index contributed by atoms with van der Waals surface area (Å²) in [5.41, 5.74) is -0.622. The molecule has 17 heavy (non-hydrogen) atoms. The third kappa shape index (κ3) is 1.99. The van der Waals surface area contributed by atoms with Crippen LogP contribution in [0.3, 0.4) is 0 Å². The maximum absolute atomic E-state index is 10.8. The van der Waals surface area contributed by atoms with Crippen LogP contribution in [0.5, 0.6) is 0 Å². The molecule has 0 aromatic heterocycles. The van der Waals surface area contributed by atoms with Crippen LogP contribution >= 0.6 is 11.8 Å². The van der Waals surface area contributed by atoms with Gasteiger partial charge in [0.15, 0.2) is 5.79 Å². The number of nitrogens with zero attached hydrogens (tertiary/aromatic N) is 1. The molecule has 3 aliphatic rings. The van der Waals surface area contributed by atoms with Crippen LogP contribution < -0.4 is 0 Å². The second-order valence-corrected chi connectivity index (χ2v) is 6.14. The molecule has 2 aliphatic heterocycles. The summed E-state index contributed by atoms with van der Waals surface area (Å²) in [6.45, 7) is 1.39. The molecule has 3 rings (SSSR count). The standard InChI is InChI=1S/C12H19NO3S/c1-13-6-9-17-10(13)11(14)2-4-12(5-3-11)15-7-8-16-12/h6,9-10,14H,2-5,7-8H2,1H3. The monoisotopic (exact) mass is 257 g/mol. The number of aliphatic hydroxyl groups is 1. The van der Waals surface area contributed by atoms with E-state index >= 15 is 0 Å². The fourth-order valence-corrected chi connectivity index (χ4v) is 4.14. The van der Waals surface area contributed by atoms with Crippen LogP contribution in [0.4, 0.5) is 0 Å². The molecule has 1 saturated heterocycles. The summed E-state index contributed by atoms with van der Waals surface area (Å²) >= 11 is 1.70. The Morgan fingerprint density at radius 3 is 2.41 bits per heavy atom. The van der Waals surface area contributed by atoms with Gasteiger partial charge in [0.1, 0.15) is 5.37 Å². The van der Waals surface area contributed by atoms with Crippen molar-refractivity contribution in [3.8, 4) is 0 Å².